The highest BCUT2D eigenvalue weighted by molar-refractivity contribution is 7.98. The van der Waals surface area contributed by atoms with E-state index < -0.39 is 30.4 Å². The molecule has 0 saturated carbocycles. The van der Waals surface area contributed by atoms with Crippen molar-refractivity contribution in [2.75, 3.05) is 23.9 Å². The van der Waals surface area contributed by atoms with Crippen LogP contribution in [0.15, 0.2) is 47.1 Å². The zero-order valence-corrected chi connectivity index (χ0v) is 16.0. The second-order valence-corrected chi connectivity index (χ2v) is 6.74. The lowest BCUT2D eigenvalue weighted by Crippen LogP contribution is -2.43. The molecule has 2 rings (SSSR count). The van der Waals surface area contributed by atoms with E-state index >= 15 is 0 Å². The molecule has 0 radical (unpaired) electrons. The van der Waals surface area contributed by atoms with E-state index in [9.17, 15) is 14.4 Å². The molecule has 2 amide bonds. The van der Waals surface area contributed by atoms with Gasteiger partial charge in [0.05, 0.1) is 6.26 Å². The SMILES string of the molecule is CSCC[C@@H](NC(=O)c1ccco1)C(=O)OCC(=O)Nc1ccccc1C. The van der Waals surface area contributed by atoms with Crippen LogP contribution in [0.1, 0.15) is 22.5 Å². The molecule has 0 aliphatic rings. The van der Waals surface area contributed by atoms with Crippen molar-refractivity contribution in [2.24, 2.45) is 0 Å². The summed E-state index contributed by atoms with van der Waals surface area (Å²) in [6.07, 6.45) is 3.65. The number of thioether (sulfide) groups is 1. The van der Waals surface area contributed by atoms with E-state index in [0.29, 0.717) is 17.9 Å². The third-order valence-electron chi connectivity index (χ3n) is 3.71. The molecule has 2 aromatic rings. The number of nitrogens with one attached hydrogen (secondary N) is 2. The predicted octanol–water partition coefficient (Wildman–Crippen LogP) is 2.62. The van der Waals surface area contributed by atoms with E-state index in [0.717, 1.165) is 5.56 Å². The number of carbonyl (C=O) groups excluding carboxylic acids is 3. The Hall–Kier alpha value is -2.74. The van der Waals surface area contributed by atoms with Crippen molar-refractivity contribution in [3.63, 3.8) is 0 Å². The van der Waals surface area contributed by atoms with Crippen molar-refractivity contribution in [3.8, 4) is 0 Å². The summed E-state index contributed by atoms with van der Waals surface area (Å²) in [4.78, 5) is 36.4. The molecule has 27 heavy (non-hydrogen) atoms. The maximum Gasteiger partial charge on any atom is 0.329 e. The fourth-order valence-corrected chi connectivity index (χ4v) is 2.73. The molecule has 7 nitrogen and oxygen atoms in total. The lowest BCUT2D eigenvalue weighted by Gasteiger charge is -2.16. The molecule has 0 aliphatic carbocycles. The van der Waals surface area contributed by atoms with Gasteiger partial charge >= 0.3 is 5.97 Å². The monoisotopic (exact) mass is 390 g/mol. The Labute approximate surface area is 161 Å². The van der Waals surface area contributed by atoms with Crippen LogP contribution in [0, 0.1) is 6.92 Å². The normalized spacial score (nSPS) is 11.5. The third-order valence-corrected chi connectivity index (χ3v) is 4.35. The molecule has 1 aromatic carbocycles. The minimum absolute atomic E-state index is 0.106. The van der Waals surface area contributed by atoms with E-state index in [4.69, 9.17) is 9.15 Å². The summed E-state index contributed by atoms with van der Waals surface area (Å²) in [5.41, 5.74) is 1.56. The summed E-state index contributed by atoms with van der Waals surface area (Å²) < 4.78 is 10.1. The van der Waals surface area contributed by atoms with Crippen molar-refractivity contribution >= 4 is 35.2 Å². The molecule has 0 unspecified atom stereocenters. The van der Waals surface area contributed by atoms with Crippen LogP contribution >= 0.6 is 11.8 Å². The number of para-hydroxylation sites is 1. The van der Waals surface area contributed by atoms with Gasteiger partial charge in [-0.05, 0) is 49.1 Å². The average Bonchev–Trinajstić information content (AvgIpc) is 3.20. The molecule has 0 fully saturated rings. The van der Waals surface area contributed by atoms with Crippen LogP contribution in [-0.4, -0.2) is 42.4 Å². The van der Waals surface area contributed by atoms with Crippen LogP contribution in [0.2, 0.25) is 0 Å². The lowest BCUT2D eigenvalue weighted by atomic mass is 10.2. The standard InChI is InChI=1S/C19H22N2O5S/c1-13-6-3-4-7-14(13)20-17(22)12-26-19(24)15(9-11-27-2)21-18(23)16-8-5-10-25-16/h3-8,10,15H,9,11-12H2,1-2H3,(H,20,22)(H,21,23)/t15-/m1/s1. The number of carbonyl (C=O) groups is 3. The second kappa shape index (κ2) is 10.4. The van der Waals surface area contributed by atoms with Gasteiger partial charge in [0.25, 0.3) is 11.8 Å². The van der Waals surface area contributed by atoms with Gasteiger partial charge in [0.15, 0.2) is 12.4 Å². The van der Waals surface area contributed by atoms with Gasteiger partial charge in [0.2, 0.25) is 0 Å². The average molecular weight is 390 g/mol. The zero-order chi connectivity index (χ0) is 19.6. The van der Waals surface area contributed by atoms with Gasteiger partial charge in [-0.2, -0.15) is 11.8 Å². The number of ether oxygens (including phenoxy) is 1. The Bertz CT molecular complexity index is 776. The maximum absolute atomic E-state index is 12.3. The van der Waals surface area contributed by atoms with Crippen molar-refractivity contribution in [3.05, 3.63) is 54.0 Å². The Morgan fingerprint density at radius 2 is 1.96 bits per heavy atom. The Morgan fingerprint density at radius 3 is 2.63 bits per heavy atom. The first kappa shape index (κ1) is 20.6. The highest BCUT2D eigenvalue weighted by Gasteiger charge is 2.24. The summed E-state index contributed by atoms with van der Waals surface area (Å²) in [5.74, 6) is -0.864. The van der Waals surface area contributed by atoms with Gasteiger partial charge in [-0.25, -0.2) is 4.79 Å². The van der Waals surface area contributed by atoms with E-state index in [1.54, 1.807) is 18.2 Å². The molecular weight excluding hydrogens is 368 g/mol. The largest absolute Gasteiger partial charge is 0.459 e. The second-order valence-electron chi connectivity index (χ2n) is 5.76. The number of hydrogen-bond acceptors (Lipinski definition) is 6. The molecule has 0 saturated heterocycles. The first-order chi connectivity index (χ1) is 13.0. The van der Waals surface area contributed by atoms with Crippen LogP contribution in [0.5, 0.6) is 0 Å². The van der Waals surface area contributed by atoms with Crippen molar-refractivity contribution in [1.82, 2.24) is 5.32 Å². The number of anilines is 1. The maximum atomic E-state index is 12.3. The van der Waals surface area contributed by atoms with E-state index in [-0.39, 0.29) is 5.76 Å². The molecule has 8 heteroatoms. The lowest BCUT2D eigenvalue weighted by molar-refractivity contribution is -0.149. The predicted molar refractivity (Wildman–Crippen MR) is 104 cm³/mol. The molecular formula is C19H22N2O5S. The highest BCUT2D eigenvalue weighted by Crippen LogP contribution is 2.13. The van der Waals surface area contributed by atoms with E-state index in [2.05, 4.69) is 10.6 Å². The first-order valence-electron chi connectivity index (χ1n) is 8.36. The topological polar surface area (TPSA) is 97.6 Å². The van der Waals surface area contributed by atoms with Gasteiger partial charge in [-0.3, -0.25) is 9.59 Å². The first-order valence-corrected chi connectivity index (χ1v) is 9.76. The number of amides is 2. The van der Waals surface area contributed by atoms with Gasteiger partial charge in [-0.15, -0.1) is 0 Å². The van der Waals surface area contributed by atoms with Gasteiger partial charge in [0.1, 0.15) is 6.04 Å². The summed E-state index contributed by atoms with van der Waals surface area (Å²) in [5, 5.41) is 5.27. The summed E-state index contributed by atoms with van der Waals surface area (Å²) in [6, 6.07) is 9.52. The molecule has 2 N–H and O–H groups in total. The molecule has 0 bridgehead atoms. The fourth-order valence-electron chi connectivity index (χ4n) is 2.26. The fraction of sp³-hybridized carbons (Fsp3) is 0.316. The van der Waals surface area contributed by atoms with Crippen LogP contribution in [0.4, 0.5) is 5.69 Å². The minimum atomic E-state index is -0.860. The number of esters is 1. The Kier molecular flexibility index (Phi) is 7.94. The minimum Gasteiger partial charge on any atom is -0.459 e. The Morgan fingerprint density at radius 1 is 1.19 bits per heavy atom. The summed E-state index contributed by atoms with van der Waals surface area (Å²) >= 11 is 1.54. The van der Waals surface area contributed by atoms with Crippen molar-refractivity contribution in [1.29, 1.82) is 0 Å². The van der Waals surface area contributed by atoms with Crippen LogP contribution in [0.25, 0.3) is 0 Å². The number of rotatable bonds is 9. The van der Waals surface area contributed by atoms with Gasteiger partial charge in [0, 0.05) is 5.69 Å². The number of benzene rings is 1. The van der Waals surface area contributed by atoms with Crippen LogP contribution in [-0.2, 0) is 14.3 Å². The third kappa shape index (κ3) is 6.49. The van der Waals surface area contributed by atoms with E-state index in [1.165, 1.54) is 24.1 Å². The van der Waals surface area contributed by atoms with Gasteiger partial charge in [-0.1, -0.05) is 18.2 Å². The highest BCUT2D eigenvalue weighted by atomic mass is 32.2. The molecule has 144 valence electrons. The number of hydrogen-bond donors (Lipinski definition) is 2. The molecule has 0 aliphatic heterocycles. The molecule has 0 spiro atoms. The zero-order valence-electron chi connectivity index (χ0n) is 15.2. The van der Waals surface area contributed by atoms with E-state index in [1.807, 2.05) is 25.3 Å². The van der Waals surface area contributed by atoms with Crippen molar-refractivity contribution in [2.45, 2.75) is 19.4 Å². The molecule has 1 atom stereocenters. The van der Waals surface area contributed by atoms with Crippen LogP contribution in [0.3, 0.4) is 0 Å². The summed E-state index contributed by atoms with van der Waals surface area (Å²) in [7, 11) is 0. The summed E-state index contributed by atoms with van der Waals surface area (Å²) in [6.45, 7) is 1.43. The number of furan rings is 1. The molecule has 1 heterocycles. The van der Waals surface area contributed by atoms with Gasteiger partial charge < -0.3 is 19.8 Å². The number of aryl methyl sites for hydroxylation is 1. The molecule has 1 aromatic heterocycles. The smallest absolute Gasteiger partial charge is 0.329 e. The van der Waals surface area contributed by atoms with Crippen LogP contribution < -0.4 is 10.6 Å². The van der Waals surface area contributed by atoms with Crippen molar-refractivity contribution < 1.29 is 23.5 Å². The quantitative estimate of drug-likeness (QED) is 0.639. The Balaban J connectivity index is 1.89.